The first-order chi connectivity index (χ1) is 8.77. The Morgan fingerprint density at radius 1 is 1.58 bits per heavy atom. The highest BCUT2D eigenvalue weighted by atomic mass is 32.1. The zero-order chi connectivity index (χ0) is 14.6. The van der Waals surface area contributed by atoms with Gasteiger partial charge in [0.1, 0.15) is 0 Å². The second kappa shape index (κ2) is 6.12. The Balaban J connectivity index is 2.79. The van der Waals surface area contributed by atoms with Crippen LogP contribution in [0, 0.1) is 16.0 Å². The van der Waals surface area contributed by atoms with Crippen molar-refractivity contribution in [2.24, 2.45) is 11.7 Å². The lowest BCUT2D eigenvalue weighted by Gasteiger charge is -2.30. The second-order valence-electron chi connectivity index (χ2n) is 5.21. The summed E-state index contributed by atoms with van der Waals surface area (Å²) in [6, 6.07) is 2.80. The van der Waals surface area contributed by atoms with Gasteiger partial charge in [-0.05, 0) is 25.3 Å². The molecule has 0 aromatic carbocycles. The van der Waals surface area contributed by atoms with E-state index in [0.29, 0.717) is 17.3 Å². The topological polar surface area (TPSA) is 98.3 Å². The molecular formula is C12H19N3O3S. The van der Waals surface area contributed by atoms with Gasteiger partial charge in [-0.1, -0.05) is 25.2 Å². The fourth-order valence-corrected chi connectivity index (χ4v) is 2.69. The van der Waals surface area contributed by atoms with Crippen molar-refractivity contribution in [3.05, 3.63) is 27.1 Å². The van der Waals surface area contributed by atoms with E-state index in [1.807, 2.05) is 6.92 Å². The first-order valence-electron chi connectivity index (χ1n) is 6.04. The zero-order valence-electron chi connectivity index (χ0n) is 11.3. The van der Waals surface area contributed by atoms with Gasteiger partial charge in [0.25, 0.3) is 5.91 Å². The summed E-state index contributed by atoms with van der Waals surface area (Å²) in [4.78, 5) is 22.5. The van der Waals surface area contributed by atoms with Crippen molar-refractivity contribution >= 4 is 22.2 Å². The molecule has 106 valence electrons. The molecule has 0 aliphatic heterocycles. The first-order valence-corrected chi connectivity index (χ1v) is 6.86. The summed E-state index contributed by atoms with van der Waals surface area (Å²) in [5.41, 5.74) is 5.22. The summed E-state index contributed by atoms with van der Waals surface area (Å²) in [6.07, 6.45) is 0.753. The second-order valence-corrected chi connectivity index (χ2v) is 6.27. The van der Waals surface area contributed by atoms with E-state index >= 15 is 0 Å². The first kappa shape index (κ1) is 15.6. The predicted molar refractivity (Wildman–Crippen MR) is 75.4 cm³/mol. The highest BCUT2D eigenvalue weighted by Gasteiger charge is 2.27. The van der Waals surface area contributed by atoms with Crippen molar-refractivity contribution in [1.82, 2.24) is 5.32 Å². The van der Waals surface area contributed by atoms with E-state index in [1.165, 1.54) is 12.1 Å². The summed E-state index contributed by atoms with van der Waals surface area (Å²) in [6.45, 7) is 6.31. The molecule has 0 saturated carbocycles. The molecule has 0 spiro atoms. The Kier molecular flexibility index (Phi) is 5.02. The maximum atomic E-state index is 12.1. The lowest BCUT2D eigenvalue weighted by molar-refractivity contribution is -0.380. The summed E-state index contributed by atoms with van der Waals surface area (Å²) in [7, 11) is 0. The number of nitrogens with two attached hydrogens (primary N) is 1. The lowest BCUT2D eigenvalue weighted by Crippen LogP contribution is -2.52. The summed E-state index contributed by atoms with van der Waals surface area (Å²) in [5.74, 6) is 0.0817. The van der Waals surface area contributed by atoms with Gasteiger partial charge in [-0.3, -0.25) is 14.9 Å². The summed E-state index contributed by atoms with van der Waals surface area (Å²) in [5, 5.41) is 13.4. The molecule has 0 fully saturated rings. The number of hydrogen-bond acceptors (Lipinski definition) is 5. The van der Waals surface area contributed by atoms with Crippen LogP contribution >= 0.6 is 11.3 Å². The van der Waals surface area contributed by atoms with Crippen LogP contribution in [0.2, 0.25) is 0 Å². The molecule has 7 heteroatoms. The van der Waals surface area contributed by atoms with E-state index in [4.69, 9.17) is 5.73 Å². The Bertz CT molecular complexity index is 473. The van der Waals surface area contributed by atoms with Gasteiger partial charge < -0.3 is 11.1 Å². The highest BCUT2D eigenvalue weighted by Crippen LogP contribution is 2.25. The van der Waals surface area contributed by atoms with Crippen LogP contribution in [-0.2, 0) is 0 Å². The van der Waals surface area contributed by atoms with E-state index in [2.05, 4.69) is 19.2 Å². The van der Waals surface area contributed by atoms with Gasteiger partial charge in [-0.15, -0.1) is 0 Å². The largest absolute Gasteiger partial charge is 0.345 e. The number of thiophene rings is 1. The monoisotopic (exact) mass is 285 g/mol. The molecule has 0 aliphatic carbocycles. The van der Waals surface area contributed by atoms with Crippen LogP contribution in [0.1, 0.15) is 36.9 Å². The van der Waals surface area contributed by atoms with Gasteiger partial charge in [0.15, 0.2) is 0 Å². The number of rotatable bonds is 6. The number of hydrogen-bond donors (Lipinski definition) is 2. The van der Waals surface area contributed by atoms with Crippen molar-refractivity contribution < 1.29 is 9.72 Å². The number of carbonyl (C=O) groups excluding carboxylic acids is 1. The Labute approximate surface area is 116 Å². The fourth-order valence-electron chi connectivity index (χ4n) is 1.97. The molecule has 0 saturated heterocycles. The van der Waals surface area contributed by atoms with Gasteiger partial charge in [-0.2, -0.15) is 0 Å². The van der Waals surface area contributed by atoms with E-state index in [-0.39, 0.29) is 10.9 Å². The van der Waals surface area contributed by atoms with Crippen LogP contribution in [0.4, 0.5) is 5.00 Å². The molecule has 6 nitrogen and oxygen atoms in total. The minimum absolute atomic E-state index is 0.0385. The summed E-state index contributed by atoms with van der Waals surface area (Å²) >= 11 is 0.867. The number of carbonyl (C=O) groups is 1. The molecule has 1 rings (SSSR count). The molecule has 1 aromatic heterocycles. The lowest BCUT2D eigenvalue weighted by atomic mass is 9.90. The van der Waals surface area contributed by atoms with Gasteiger partial charge in [0.05, 0.1) is 15.3 Å². The highest BCUT2D eigenvalue weighted by molar-refractivity contribution is 7.17. The van der Waals surface area contributed by atoms with E-state index in [1.54, 1.807) is 0 Å². The molecule has 1 atom stereocenters. The zero-order valence-corrected chi connectivity index (χ0v) is 12.1. The van der Waals surface area contributed by atoms with E-state index in [0.717, 1.165) is 17.8 Å². The van der Waals surface area contributed by atoms with Gasteiger partial charge in [-0.25, -0.2) is 0 Å². The van der Waals surface area contributed by atoms with Gasteiger partial charge in [0.2, 0.25) is 0 Å². The molecule has 0 bridgehead atoms. The maximum Gasteiger partial charge on any atom is 0.324 e. The van der Waals surface area contributed by atoms with E-state index in [9.17, 15) is 14.9 Å². The Morgan fingerprint density at radius 2 is 2.21 bits per heavy atom. The smallest absolute Gasteiger partial charge is 0.324 e. The minimum Gasteiger partial charge on any atom is -0.345 e. The SMILES string of the molecule is CC(C)CC(C)(CN)NC(=O)c1ccc([N+](=O)[O-])s1. The third kappa shape index (κ3) is 4.29. The predicted octanol–water partition coefficient (Wildman–Crippen LogP) is 2.15. The van der Waals surface area contributed by atoms with Crippen LogP contribution < -0.4 is 11.1 Å². The van der Waals surface area contributed by atoms with Crippen LogP contribution in [0.15, 0.2) is 12.1 Å². The molecule has 1 unspecified atom stereocenters. The average molecular weight is 285 g/mol. The molecule has 3 N–H and O–H groups in total. The quantitative estimate of drug-likeness (QED) is 0.618. The standard InChI is InChI=1S/C12H19N3O3S/c1-8(2)6-12(3,7-13)14-11(16)9-4-5-10(19-9)15(17)18/h4-5,8H,6-7,13H2,1-3H3,(H,14,16). The maximum absolute atomic E-state index is 12.1. The number of amides is 1. The van der Waals surface area contributed by atoms with Crippen molar-refractivity contribution in [3.63, 3.8) is 0 Å². The van der Waals surface area contributed by atoms with Crippen molar-refractivity contribution in [2.75, 3.05) is 6.54 Å². The van der Waals surface area contributed by atoms with Crippen molar-refractivity contribution in [1.29, 1.82) is 0 Å². The molecule has 1 amide bonds. The van der Waals surface area contributed by atoms with Crippen LogP contribution in [0.5, 0.6) is 0 Å². The van der Waals surface area contributed by atoms with Gasteiger partial charge >= 0.3 is 5.00 Å². The van der Waals surface area contributed by atoms with Crippen LogP contribution in [0.25, 0.3) is 0 Å². The molecule has 0 aliphatic rings. The Hall–Kier alpha value is -1.47. The van der Waals surface area contributed by atoms with Crippen molar-refractivity contribution in [3.8, 4) is 0 Å². The number of nitro groups is 1. The Morgan fingerprint density at radius 3 is 2.63 bits per heavy atom. The van der Waals surface area contributed by atoms with Crippen molar-refractivity contribution in [2.45, 2.75) is 32.7 Å². The number of nitrogens with zero attached hydrogens (tertiary/aromatic N) is 1. The normalized spacial score (nSPS) is 14.2. The molecule has 19 heavy (non-hydrogen) atoms. The molecule has 1 heterocycles. The third-order valence-corrected chi connectivity index (χ3v) is 3.76. The minimum atomic E-state index is -0.502. The van der Waals surface area contributed by atoms with E-state index < -0.39 is 10.5 Å². The number of nitrogens with one attached hydrogen (secondary N) is 1. The van der Waals surface area contributed by atoms with Crippen LogP contribution in [-0.4, -0.2) is 22.9 Å². The molecule has 0 radical (unpaired) electrons. The average Bonchev–Trinajstić information content (AvgIpc) is 2.77. The summed E-state index contributed by atoms with van der Waals surface area (Å²) < 4.78 is 0. The molecule has 1 aromatic rings. The fraction of sp³-hybridized carbons (Fsp3) is 0.583. The molecular weight excluding hydrogens is 266 g/mol. The third-order valence-electron chi connectivity index (χ3n) is 2.72. The van der Waals surface area contributed by atoms with Gasteiger partial charge in [0, 0.05) is 12.6 Å². The van der Waals surface area contributed by atoms with Crippen LogP contribution in [0.3, 0.4) is 0 Å².